The summed E-state index contributed by atoms with van der Waals surface area (Å²) in [5.74, 6) is -0.357. The number of nitrogens with zero attached hydrogens (tertiary/aromatic N) is 2. The van der Waals surface area contributed by atoms with Gasteiger partial charge in [0.25, 0.3) is 5.91 Å². The lowest BCUT2D eigenvalue weighted by Gasteiger charge is -2.15. The highest BCUT2D eigenvalue weighted by molar-refractivity contribution is 7.80. The van der Waals surface area contributed by atoms with Gasteiger partial charge in [0.05, 0.1) is 27.1 Å². The van der Waals surface area contributed by atoms with Crippen LogP contribution in [0.5, 0.6) is 0 Å². The Kier molecular flexibility index (Phi) is 6.00. The van der Waals surface area contributed by atoms with E-state index in [1.54, 1.807) is 41.8 Å². The second kappa shape index (κ2) is 8.41. The Labute approximate surface area is 168 Å². The fourth-order valence-corrected chi connectivity index (χ4v) is 3.03. The molecule has 26 heavy (non-hydrogen) atoms. The number of carbonyl (C=O) groups excluding carboxylic acids is 1. The van der Waals surface area contributed by atoms with Gasteiger partial charge in [0, 0.05) is 5.38 Å². The van der Waals surface area contributed by atoms with Crippen molar-refractivity contribution in [2.45, 2.75) is 0 Å². The maximum Gasteiger partial charge on any atom is 0.277 e. The van der Waals surface area contributed by atoms with Crippen LogP contribution in [0.3, 0.4) is 0 Å². The highest BCUT2D eigenvalue weighted by atomic mass is 35.5. The Hall–Kier alpha value is -2.26. The number of thiocarbonyl (C=S) groups is 1. The van der Waals surface area contributed by atoms with Gasteiger partial charge in [0.1, 0.15) is 0 Å². The highest BCUT2D eigenvalue weighted by Crippen LogP contribution is 2.30. The van der Waals surface area contributed by atoms with Gasteiger partial charge in [-0.1, -0.05) is 45.9 Å². The molecule has 1 heterocycles. The molecule has 3 rings (SSSR count). The van der Waals surface area contributed by atoms with Gasteiger partial charge in [-0.15, -0.1) is 5.10 Å². The molecule has 0 aliphatic rings. The molecule has 6 nitrogen and oxygen atoms in total. The molecule has 3 aromatic rings. The molecule has 0 fully saturated rings. The number of nitrogens with one attached hydrogen (secondary N) is 3. The van der Waals surface area contributed by atoms with E-state index >= 15 is 0 Å². The first-order chi connectivity index (χ1) is 12.5. The normalized spacial score (nSPS) is 10.2. The summed E-state index contributed by atoms with van der Waals surface area (Å²) in [7, 11) is 0. The molecule has 10 heteroatoms. The molecule has 1 aromatic heterocycles. The molecule has 0 unspecified atom stereocenters. The zero-order valence-electron chi connectivity index (χ0n) is 13.0. The topological polar surface area (TPSA) is 78.9 Å². The van der Waals surface area contributed by atoms with E-state index in [0.29, 0.717) is 32.2 Å². The SMILES string of the molecule is O=C(Nc1ccccc1NC(=S)Nc1cccc(Cl)c1Cl)c1csnn1. The second-order valence-corrected chi connectivity index (χ2v) is 6.77. The summed E-state index contributed by atoms with van der Waals surface area (Å²) >= 11 is 18.6. The average molecular weight is 424 g/mol. The molecule has 0 aliphatic heterocycles. The van der Waals surface area contributed by atoms with Gasteiger partial charge < -0.3 is 16.0 Å². The summed E-state index contributed by atoms with van der Waals surface area (Å²) in [6.07, 6.45) is 0. The van der Waals surface area contributed by atoms with Crippen molar-refractivity contribution in [3.05, 3.63) is 63.6 Å². The lowest BCUT2D eigenvalue weighted by Crippen LogP contribution is -2.21. The first-order valence-corrected chi connectivity index (χ1v) is 9.24. The number of aromatic nitrogens is 2. The first-order valence-electron chi connectivity index (χ1n) is 7.24. The predicted molar refractivity (Wildman–Crippen MR) is 111 cm³/mol. The minimum absolute atomic E-state index is 0.246. The lowest BCUT2D eigenvalue weighted by atomic mass is 10.2. The molecule has 0 radical (unpaired) electrons. The monoisotopic (exact) mass is 423 g/mol. The van der Waals surface area contributed by atoms with Crippen LogP contribution in [0, 0.1) is 0 Å². The summed E-state index contributed by atoms with van der Waals surface area (Å²) in [5.41, 5.74) is 1.98. The zero-order valence-corrected chi connectivity index (χ0v) is 16.1. The number of rotatable bonds is 4. The average Bonchev–Trinajstić information content (AvgIpc) is 3.15. The zero-order chi connectivity index (χ0) is 18.5. The van der Waals surface area contributed by atoms with Gasteiger partial charge in [0.2, 0.25) is 0 Å². The Balaban J connectivity index is 1.72. The van der Waals surface area contributed by atoms with E-state index in [1.807, 2.05) is 6.07 Å². The van der Waals surface area contributed by atoms with Crippen molar-refractivity contribution in [3.63, 3.8) is 0 Å². The van der Waals surface area contributed by atoms with Gasteiger partial charge in [0.15, 0.2) is 10.8 Å². The van der Waals surface area contributed by atoms with Crippen molar-refractivity contribution in [2.75, 3.05) is 16.0 Å². The molecule has 0 saturated carbocycles. The van der Waals surface area contributed by atoms with Gasteiger partial charge in [-0.2, -0.15) is 0 Å². The number of carbonyl (C=O) groups is 1. The molecule has 0 aliphatic carbocycles. The van der Waals surface area contributed by atoms with Crippen LogP contribution < -0.4 is 16.0 Å². The van der Waals surface area contributed by atoms with Crippen LogP contribution in [0.2, 0.25) is 10.0 Å². The van der Waals surface area contributed by atoms with E-state index < -0.39 is 0 Å². The fraction of sp³-hybridized carbons (Fsp3) is 0. The number of amides is 1. The van der Waals surface area contributed by atoms with Crippen LogP contribution in [0.15, 0.2) is 47.8 Å². The molecule has 3 N–H and O–H groups in total. The first kappa shape index (κ1) is 18.5. The third-order valence-electron chi connectivity index (χ3n) is 3.22. The molecular weight excluding hydrogens is 413 g/mol. The molecule has 132 valence electrons. The molecular formula is C16H11Cl2N5OS2. The molecule has 0 spiro atoms. The Morgan fingerprint density at radius 3 is 2.31 bits per heavy atom. The summed E-state index contributed by atoms with van der Waals surface area (Å²) in [4.78, 5) is 12.2. The van der Waals surface area contributed by atoms with E-state index in [0.717, 1.165) is 11.5 Å². The van der Waals surface area contributed by atoms with Crippen molar-refractivity contribution in [3.8, 4) is 0 Å². The van der Waals surface area contributed by atoms with Crippen molar-refractivity contribution < 1.29 is 4.79 Å². The van der Waals surface area contributed by atoms with Crippen LogP contribution in [0.25, 0.3) is 0 Å². The number of hydrogen-bond donors (Lipinski definition) is 3. The van der Waals surface area contributed by atoms with Gasteiger partial charge >= 0.3 is 0 Å². The molecule has 0 atom stereocenters. The maximum atomic E-state index is 12.2. The van der Waals surface area contributed by atoms with Crippen molar-refractivity contribution in [2.24, 2.45) is 0 Å². The van der Waals surface area contributed by atoms with Crippen molar-refractivity contribution >= 4 is 75.0 Å². The Morgan fingerprint density at radius 1 is 0.962 bits per heavy atom. The van der Waals surface area contributed by atoms with Gasteiger partial charge in [-0.3, -0.25) is 4.79 Å². The van der Waals surface area contributed by atoms with Crippen LogP contribution in [-0.2, 0) is 0 Å². The minimum Gasteiger partial charge on any atom is -0.331 e. The van der Waals surface area contributed by atoms with E-state index in [-0.39, 0.29) is 11.6 Å². The van der Waals surface area contributed by atoms with Crippen LogP contribution in [-0.4, -0.2) is 20.6 Å². The van der Waals surface area contributed by atoms with Gasteiger partial charge in [-0.05, 0) is 48.0 Å². The number of benzene rings is 2. The predicted octanol–water partition coefficient (Wildman–Crippen LogP) is 4.91. The molecule has 0 bridgehead atoms. The van der Waals surface area contributed by atoms with Crippen LogP contribution in [0.1, 0.15) is 10.5 Å². The van der Waals surface area contributed by atoms with E-state index in [9.17, 15) is 4.79 Å². The fourth-order valence-electron chi connectivity index (χ4n) is 2.03. The Morgan fingerprint density at radius 2 is 1.62 bits per heavy atom. The van der Waals surface area contributed by atoms with Crippen molar-refractivity contribution in [1.82, 2.24) is 9.59 Å². The standard InChI is InChI=1S/C16H11Cl2N5OS2/c17-9-4-3-7-12(14(9)18)21-16(25)20-11-6-2-1-5-10(11)19-15(24)13-8-26-23-22-13/h1-8H,(H,19,24)(H2,20,21,25). The summed E-state index contributed by atoms with van der Waals surface area (Å²) < 4.78 is 3.68. The number of halogens is 2. The van der Waals surface area contributed by atoms with E-state index in [2.05, 4.69) is 25.5 Å². The molecule has 1 amide bonds. The third-order valence-corrected chi connectivity index (χ3v) is 4.74. The number of para-hydroxylation sites is 2. The van der Waals surface area contributed by atoms with E-state index in [4.69, 9.17) is 35.4 Å². The molecule has 0 saturated heterocycles. The van der Waals surface area contributed by atoms with Crippen LogP contribution in [0.4, 0.5) is 17.1 Å². The third kappa shape index (κ3) is 4.47. The maximum absolute atomic E-state index is 12.2. The smallest absolute Gasteiger partial charge is 0.277 e. The largest absolute Gasteiger partial charge is 0.331 e. The lowest BCUT2D eigenvalue weighted by molar-refractivity contribution is 0.102. The summed E-state index contributed by atoms with van der Waals surface area (Å²) in [6, 6.07) is 12.3. The highest BCUT2D eigenvalue weighted by Gasteiger charge is 2.12. The second-order valence-electron chi connectivity index (χ2n) is 4.97. The molecule has 2 aromatic carbocycles. The van der Waals surface area contributed by atoms with Crippen LogP contribution >= 0.6 is 47.0 Å². The minimum atomic E-state index is -0.357. The Bertz CT molecular complexity index is 950. The number of anilines is 3. The van der Waals surface area contributed by atoms with Crippen molar-refractivity contribution in [1.29, 1.82) is 0 Å². The van der Waals surface area contributed by atoms with Gasteiger partial charge in [-0.25, -0.2) is 0 Å². The summed E-state index contributed by atoms with van der Waals surface area (Å²) in [5, 5.41) is 15.2. The van der Waals surface area contributed by atoms with E-state index in [1.165, 1.54) is 0 Å². The number of hydrogen-bond acceptors (Lipinski definition) is 5. The summed E-state index contributed by atoms with van der Waals surface area (Å²) in [6.45, 7) is 0. The quantitative estimate of drug-likeness (QED) is 0.517.